The molecule has 1 aromatic rings. The second-order valence-electron chi connectivity index (χ2n) is 5.32. The highest BCUT2D eigenvalue weighted by Gasteiger charge is 2.40. The molecule has 0 heterocycles. The highest BCUT2D eigenvalue weighted by Crippen LogP contribution is 2.44. The van der Waals surface area contributed by atoms with E-state index in [0.29, 0.717) is 0 Å². The van der Waals surface area contributed by atoms with Gasteiger partial charge in [-0.05, 0) is 49.7 Å². The summed E-state index contributed by atoms with van der Waals surface area (Å²) in [7, 11) is 0. The molecule has 0 amide bonds. The maximum atomic E-state index is 5.69. The fourth-order valence-corrected chi connectivity index (χ4v) is 2.54. The average molecular weight is 231 g/mol. The summed E-state index contributed by atoms with van der Waals surface area (Å²) in [5, 5.41) is 3.69. The lowest BCUT2D eigenvalue weighted by atomic mass is 10.1. The molecule has 2 aliphatic rings. The second kappa shape index (κ2) is 5.09. The summed E-state index contributed by atoms with van der Waals surface area (Å²) in [6.07, 6.45) is 5.75. The van der Waals surface area contributed by atoms with Crippen molar-refractivity contribution in [3.05, 3.63) is 30.3 Å². The highest BCUT2D eigenvalue weighted by atomic mass is 16.5. The van der Waals surface area contributed by atoms with E-state index in [4.69, 9.17) is 4.74 Å². The molecule has 0 atom stereocenters. The first-order chi connectivity index (χ1) is 8.43. The van der Waals surface area contributed by atoms with Gasteiger partial charge < -0.3 is 10.1 Å². The first kappa shape index (κ1) is 11.1. The van der Waals surface area contributed by atoms with Crippen LogP contribution in [0.25, 0.3) is 0 Å². The molecule has 2 fully saturated rings. The Morgan fingerprint density at radius 3 is 2.29 bits per heavy atom. The topological polar surface area (TPSA) is 21.3 Å². The molecule has 0 unspecified atom stereocenters. The minimum atomic E-state index is 0.778. The van der Waals surface area contributed by atoms with Crippen molar-refractivity contribution in [2.24, 2.45) is 11.8 Å². The zero-order valence-corrected chi connectivity index (χ0v) is 10.3. The lowest BCUT2D eigenvalue weighted by molar-refractivity contribution is 0.293. The predicted octanol–water partition coefficient (Wildman–Crippen LogP) is 2.84. The molecule has 2 nitrogen and oxygen atoms in total. The van der Waals surface area contributed by atoms with Crippen LogP contribution in [0.4, 0.5) is 0 Å². The Balaban J connectivity index is 1.37. The van der Waals surface area contributed by atoms with Crippen molar-refractivity contribution in [2.75, 3.05) is 13.2 Å². The van der Waals surface area contributed by atoms with Crippen molar-refractivity contribution in [1.82, 2.24) is 5.32 Å². The van der Waals surface area contributed by atoms with Crippen LogP contribution in [0.15, 0.2) is 30.3 Å². The summed E-state index contributed by atoms with van der Waals surface area (Å²) in [6, 6.07) is 10.9. The molecule has 0 aliphatic heterocycles. The maximum Gasteiger partial charge on any atom is 0.119 e. The Morgan fingerprint density at radius 2 is 1.71 bits per heavy atom. The number of nitrogens with one attached hydrogen (secondary N) is 1. The van der Waals surface area contributed by atoms with Crippen LogP contribution in [-0.4, -0.2) is 19.2 Å². The van der Waals surface area contributed by atoms with E-state index in [1.165, 1.54) is 25.7 Å². The Labute approximate surface area is 103 Å². The summed E-state index contributed by atoms with van der Waals surface area (Å²) in [5.74, 6) is 2.92. The molecule has 2 saturated carbocycles. The van der Waals surface area contributed by atoms with Crippen molar-refractivity contribution in [2.45, 2.75) is 31.7 Å². The third-order valence-corrected chi connectivity index (χ3v) is 3.75. The molecule has 0 aromatic heterocycles. The van der Waals surface area contributed by atoms with Crippen molar-refractivity contribution in [1.29, 1.82) is 0 Å². The van der Waals surface area contributed by atoms with Crippen LogP contribution < -0.4 is 10.1 Å². The van der Waals surface area contributed by atoms with Gasteiger partial charge in [-0.1, -0.05) is 18.2 Å². The third kappa shape index (κ3) is 3.22. The molecule has 2 aliphatic carbocycles. The highest BCUT2D eigenvalue weighted by molar-refractivity contribution is 5.20. The minimum absolute atomic E-state index is 0.778. The predicted molar refractivity (Wildman–Crippen MR) is 69.2 cm³/mol. The molecule has 2 heteroatoms. The van der Waals surface area contributed by atoms with Crippen LogP contribution in [0.2, 0.25) is 0 Å². The molecule has 1 aromatic carbocycles. The minimum Gasteiger partial charge on any atom is -0.492 e. The van der Waals surface area contributed by atoms with Crippen molar-refractivity contribution in [3.63, 3.8) is 0 Å². The van der Waals surface area contributed by atoms with E-state index in [1.807, 2.05) is 30.3 Å². The van der Waals surface area contributed by atoms with E-state index in [-0.39, 0.29) is 0 Å². The normalized spacial score (nSPS) is 19.6. The molecule has 0 radical (unpaired) electrons. The van der Waals surface area contributed by atoms with Crippen molar-refractivity contribution >= 4 is 0 Å². The third-order valence-electron chi connectivity index (χ3n) is 3.75. The van der Waals surface area contributed by atoms with E-state index in [9.17, 15) is 0 Å². The van der Waals surface area contributed by atoms with Crippen LogP contribution in [0, 0.1) is 11.8 Å². The van der Waals surface area contributed by atoms with Gasteiger partial charge in [-0.3, -0.25) is 0 Å². The molecule has 1 N–H and O–H groups in total. The lowest BCUT2D eigenvalue weighted by Crippen LogP contribution is -2.36. The first-order valence-electron chi connectivity index (χ1n) is 6.85. The van der Waals surface area contributed by atoms with E-state index >= 15 is 0 Å². The van der Waals surface area contributed by atoms with Gasteiger partial charge in [0.15, 0.2) is 0 Å². The summed E-state index contributed by atoms with van der Waals surface area (Å²) >= 11 is 0. The Bertz CT molecular complexity index is 331. The largest absolute Gasteiger partial charge is 0.492 e. The molecule has 92 valence electrons. The van der Waals surface area contributed by atoms with E-state index in [1.54, 1.807) is 0 Å². The van der Waals surface area contributed by atoms with Crippen LogP contribution in [0.1, 0.15) is 25.7 Å². The van der Waals surface area contributed by atoms with Gasteiger partial charge in [-0.25, -0.2) is 0 Å². The SMILES string of the molecule is c1ccc(OCCNC(C2CC2)C2CC2)cc1. The molecule has 0 spiro atoms. The molecule has 0 saturated heterocycles. The zero-order chi connectivity index (χ0) is 11.5. The Morgan fingerprint density at radius 1 is 1.06 bits per heavy atom. The number of para-hydroxylation sites is 1. The van der Waals surface area contributed by atoms with Crippen LogP contribution in [-0.2, 0) is 0 Å². The quantitative estimate of drug-likeness (QED) is 0.729. The lowest BCUT2D eigenvalue weighted by Gasteiger charge is -2.17. The van der Waals surface area contributed by atoms with Gasteiger partial charge >= 0.3 is 0 Å². The van der Waals surface area contributed by atoms with Gasteiger partial charge in [-0.2, -0.15) is 0 Å². The molecule has 17 heavy (non-hydrogen) atoms. The van der Waals surface area contributed by atoms with E-state index < -0.39 is 0 Å². The number of rotatable bonds is 7. The second-order valence-corrected chi connectivity index (χ2v) is 5.32. The van der Waals surface area contributed by atoms with Crippen LogP contribution >= 0.6 is 0 Å². The van der Waals surface area contributed by atoms with Crippen molar-refractivity contribution < 1.29 is 4.74 Å². The number of hydrogen-bond acceptors (Lipinski definition) is 2. The fourth-order valence-electron chi connectivity index (χ4n) is 2.54. The molecular weight excluding hydrogens is 210 g/mol. The van der Waals surface area contributed by atoms with Gasteiger partial charge in [0.05, 0.1) is 0 Å². The van der Waals surface area contributed by atoms with Crippen LogP contribution in [0.5, 0.6) is 5.75 Å². The fraction of sp³-hybridized carbons (Fsp3) is 0.600. The van der Waals surface area contributed by atoms with Crippen molar-refractivity contribution in [3.8, 4) is 5.75 Å². The monoisotopic (exact) mass is 231 g/mol. The number of hydrogen-bond donors (Lipinski definition) is 1. The zero-order valence-electron chi connectivity index (χ0n) is 10.3. The maximum absolute atomic E-state index is 5.69. The Kier molecular flexibility index (Phi) is 3.32. The van der Waals surface area contributed by atoms with Gasteiger partial charge in [0.25, 0.3) is 0 Å². The number of ether oxygens (including phenoxy) is 1. The van der Waals surface area contributed by atoms with Gasteiger partial charge in [0.2, 0.25) is 0 Å². The van der Waals surface area contributed by atoms with Gasteiger partial charge in [0.1, 0.15) is 12.4 Å². The smallest absolute Gasteiger partial charge is 0.119 e. The van der Waals surface area contributed by atoms with Crippen LogP contribution in [0.3, 0.4) is 0 Å². The standard InChI is InChI=1S/C15H21NO/c1-2-4-14(5-3-1)17-11-10-16-15(12-6-7-12)13-8-9-13/h1-5,12-13,15-16H,6-11H2. The average Bonchev–Trinajstić information content (AvgIpc) is 3.24. The Hall–Kier alpha value is -1.02. The molecule has 0 bridgehead atoms. The number of benzene rings is 1. The first-order valence-corrected chi connectivity index (χ1v) is 6.85. The summed E-state index contributed by atoms with van der Waals surface area (Å²) < 4.78 is 5.69. The molecule has 3 rings (SSSR count). The summed E-state index contributed by atoms with van der Waals surface area (Å²) in [5.41, 5.74) is 0. The summed E-state index contributed by atoms with van der Waals surface area (Å²) in [4.78, 5) is 0. The van der Waals surface area contributed by atoms with E-state index in [0.717, 1.165) is 36.8 Å². The van der Waals surface area contributed by atoms with Gasteiger partial charge in [0, 0.05) is 12.6 Å². The summed E-state index contributed by atoms with van der Waals surface area (Å²) in [6.45, 7) is 1.76. The van der Waals surface area contributed by atoms with E-state index in [2.05, 4.69) is 5.32 Å². The van der Waals surface area contributed by atoms with Gasteiger partial charge in [-0.15, -0.1) is 0 Å². The molecular formula is C15H21NO.